The van der Waals surface area contributed by atoms with E-state index in [4.69, 9.17) is 12.2 Å². The summed E-state index contributed by atoms with van der Waals surface area (Å²) in [6.45, 7) is 6.98. The normalized spacial score (nSPS) is 10.4. The summed E-state index contributed by atoms with van der Waals surface area (Å²) < 4.78 is 2.77. The molecule has 0 bridgehead atoms. The Bertz CT molecular complexity index is 358. The summed E-state index contributed by atoms with van der Waals surface area (Å²) in [5.74, 6) is 1.01. The van der Waals surface area contributed by atoms with Crippen LogP contribution in [0.4, 0.5) is 0 Å². The predicted molar refractivity (Wildman–Crippen MR) is 70.3 cm³/mol. The van der Waals surface area contributed by atoms with Crippen LogP contribution < -0.4 is 5.32 Å². The molecule has 0 unspecified atom stereocenters. The highest BCUT2D eigenvalue weighted by Crippen LogP contribution is 2.12. The molecule has 1 N–H and O–H groups in total. The van der Waals surface area contributed by atoms with Gasteiger partial charge in [-0.25, -0.2) is 0 Å². The molecule has 0 aliphatic rings. The molecule has 5 heteroatoms. The number of hydrogen-bond donors (Lipinski definition) is 1. The summed E-state index contributed by atoms with van der Waals surface area (Å²) >= 11 is 6.83. The van der Waals surface area contributed by atoms with Crippen molar-refractivity contribution in [3.05, 3.63) is 17.0 Å². The SMILES string of the molecule is CCSC(=S)NCc1c(C)nn(C)c1C. The van der Waals surface area contributed by atoms with E-state index in [1.54, 1.807) is 11.8 Å². The van der Waals surface area contributed by atoms with E-state index in [-0.39, 0.29) is 0 Å². The van der Waals surface area contributed by atoms with Crippen molar-refractivity contribution in [3.8, 4) is 0 Å². The average Bonchev–Trinajstić information content (AvgIpc) is 2.40. The van der Waals surface area contributed by atoms with E-state index >= 15 is 0 Å². The first-order valence-corrected chi connectivity index (χ1v) is 6.35. The minimum atomic E-state index is 0.775. The molecule has 15 heavy (non-hydrogen) atoms. The number of aromatic nitrogens is 2. The number of nitrogens with zero attached hydrogens (tertiary/aromatic N) is 2. The third kappa shape index (κ3) is 3.21. The van der Waals surface area contributed by atoms with Crippen LogP contribution in [0.3, 0.4) is 0 Å². The van der Waals surface area contributed by atoms with E-state index in [2.05, 4.69) is 24.3 Å². The number of thiocarbonyl (C=S) groups is 1. The molecule has 0 saturated carbocycles. The van der Waals surface area contributed by atoms with Gasteiger partial charge < -0.3 is 5.32 Å². The number of rotatable bonds is 3. The van der Waals surface area contributed by atoms with Gasteiger partial charge in [-0.05, 0) is 19.6 Å². The molecule has 3 nitrogen and oxygen atoms in total. The van der Waals surface area contributed by atoms with Crippen molar-refractivity contribution in [3.63, 3.8) is 0 Å². The van der Waals surface area contributed by atoms with Crippen molar-refractivity contribution in [2.24, 2.45) is 7.05 Å². The van der Waals surface area contributed by atoms with Crippen molar-refractivity contribution < 1.29 is 0 Å². The number of aryl methyl sites for hydroxylation is 2. The van der Waals surface area contributed by atoms with Gasteiger partial charge in [0.2, 0.25) is 0 Å². The standard InChI is InChI=1S/C10H17N3S2/c1-5-15-10(14)11-6-9-7(2)12-13(4)8(9)3/h5-6H2,1-4H3,(H,11,14). The topological polar surface area (TPSA) is 29.9 Å². The fraction of sp³-hybridized carbons (Fsp3) is 0.600. The smallest absolute Gasteiger partial charge is 0.134 e. The minimum absolute atomic E-state index is 0.775. The molecule has 1 heterocycles. The van der Waals surface area contributed by atoms with Crippen LogP contribution in [0.1, 0.15) is 23.9 Å². The fourth-order valence-corrected chi connectivity index (χ4v) is 2.28. The highest BCUT2D eigenvalue weighted by Gasteiger charge is 2.08. The molecule has 0 aliphatic carbocycles. The molecule has 0 spiro atoms. The second-order valence-corrected chi connectivity index (χ2v) is 5.29. The van der Waals surface area contributed by atoms with Crippen LogP contribution in [0, 0.1) is 13.8 Å². The molecular formula is C10H17N3S2. The average molecular weight is 243 g/mol. The largest absolute Gasteiger partial charge is 0.367 e. The van der Waals surface area contributed by atoms with Gasteiger partial charge in [0, 0.05) is 24.8 Å². The number of nitrogens with one attached hydrogen (secondary N) is 1. The Morgan fingerprint density at radius 2 is 2.20 bits per heavy atom. The highest BCUT2D eigenvalue weighted by molar-refractivity contribution is 8.22. The van der Waals surface area contributed by atoms with Crippen LogP contribution in [-0.2, 0) is 13.6 Å². The van der Waals surface area contributed by atoms with Crippen LogP contribution in [0.25, 0.3) is 0 Å². The van der Waals surface area contributed by atoms with Gasteiger partial charge in [0.25, 0.3) is 0 Å². The first kappa shape index (κ1) is 12.5. The molecular weight excluding hydrogens is 226 g/mol. The van der Waals surface area contributed by atoms with Gasteiger partial charge in [-0.2, -0.15) is 5.10 Å². The van der Waals surface area contributed by atoms with Gasteiger partial charge in [0.05, 0.1) is 5.69 Å². The maximum absolute atomic E-state index is 5.17. The van der Waals surface area contributed by atoms with Crippen LogP contribution >= 0.6 is 24.0 Å². The molecule has 0 atom stereocenters. The molecule has 1 aromatic rings. The summed E-state index contributed by atoms with van der Waals surface area (Å²) in [6, 6.07) is 0. The summed E-state index contributed by atoms with van der Waals surface area (Å²) in [7, 11) is 1.96. The minimum Gasteiger partial charge on any atom is -0.367 e. The van der Waals surface area contributed by atoms with Gasteiger partial charge in [-0.15, -0.1) is 0 Å². The molecule has 0 aromatic carbocycles. The third-order valence-electron chi connectivity index (χ3n) is 2.34. The van der Waals surface area contributed by atoms with Gasteiger partial charge in [0.1, 0.15) is 4.32 Å². The monoisotopic (exact) mass is 243 g/mol. The van der Waals surface area contributed by atoms with Gasteiger partial charge in [0.15, 0.2) is 0 Å². The molecule has 0 radical (unpaired) electrons. The van der Waals surface area contributed by atoms with Crippen LogP contribution in [0.2, 0.25) is 0 Å². The molecule has 0 fully saturated rings. The first-order valence-electron chi connectivity index (χ1n) is 4.96. The van der Waals surface area contributed by atoms with Crippen molar-refractivity contribution >= 4 is 28.3 Å². The molecule has 84 valence electrons. The van der Waals surface area contributed by atoms with E-state index < -0.39 is 0 Å². The van der Waals surface area contributed by atoms with Gasteiger partial charge in [-0.1, -0.05) is 30.9 Å². The lowest BCUT2D eigenvalue weighted by Crippen LogP contribution is -2.18. The Kier molecular flexibility index (Phi) is 4.60. The zero-order chi connectivity index (χ0) is 11.4. The maximum Gasteiger partial charge on any atom is 0.134 e. The van der Waals surface area contributed by atoms with Crippen molar-refractivity contribution in [1.82, 2.24) is 15.1 Å². The lowest BCUT2D eigenvalue weighted by molar-refractivity contribution is 0.729. The summed E-state index contributed by atoms with van der Waals surface area (Å²) in [6.07, 6.45) is 0. The lowest BCUT2D eigenvalue weighted by atomic mass is 10.2. The molecule has 1 rings (SSSR count). The predicted octanol–water partition coefficient (Wildman–Crippen LogP) is 2.16. The Hall–Kier alpha value is -0.550. The summed E-state index contributed by atoms with van der Waals surface area (Å²) in [4.78, 5) is 0. The first-order chi connectivity index (χ1) is 7.06. The number of thioether (sulfide) groups is 1. The zero-order valence-electron chi connectivity index (χ0n) is 9.63. The molecule has 0 saturated heterocycles. The molecule has 0 amide bonds. The lowest BCUT2D eigenvalue weighted by Gasteiger charge is -2.06. The zero-order valence-corrected chi connectivity index (χ0v) is 11.3. The third-order valence-corrected chi connectivity index (χ3v) is 3.54. The second-order valence-electron chi connectivity index (χ2n) is 3.35. The van der Waals surface area contributed by atoms with Crippen molar-refractivity contribution in [2.45, 2.75) is 27.3 Å². The quantitative estimate of drug-likeness (QED) is 0.824. The fourth-order valence-electron chi connectivity index (χ4n) is 1.42. The molecule has 0 aliphatic heterocycles. The van der Waals surface area contributed by atoms with E-state index in [0.29, 0.717) is 0 Å². The van der Waals surface area contributed by atoms with Crippen LogP contribution in [0.5, 0.6) is 0 Å². The number of hydrogen-bond acceptors (Lipinski definition) is 3. The van der Waals surface area contributed by atoms with Crippen LogP contribution in [0.15, 0.2) is 0 Å². The molecule has 1 aromatic heterocycles. The van der Waals surface area contributed by atoms with E-state index in [1.165, 1.54) is 11.3 Å². The van der Waals surface area contributed by atoms with E-state index in [0.717, 1.165) is 22.3 Å². The van der Waals surface area contributed by atoms with Crippen molar-refractivity contribution in [2.75, 3.05) is 5.75 Å². The Labute approximate surface area is 101 Å². The summed E-state index contributed by atoms with van der Waals surface area (Å²) in [5.41, 5.74) is 3.52. The van der Waals surface area contributed by atoms with Crippen molar-refractivity contribution in [1.29, 1.82) is 0 Å². The van der Waals surface area contributed by atoms with Gasteiger partial charge in [-0.3, -0.25) is 4.68 Å². The Balaban J connectivity index is 2.61. The Morgan fingerprint density at radius 3 is 2.67 bits per heavy atom. The van der Waals surface area contributed by atoms with Crippen LogP contribution in [-0.4, -0.2) is 19.9 Å². The maximum atomic E-state index is 5.17. The highest BCUT2D eigenvalue weighted by atomic mass is 32.2. The second kappa shape index (κ2) is 5.51. The van der Waals surface area contributed by atoms with E-state index in [9.17, 15) is 0 Å². The Morgan fingerprint density at radius 1 is 1.53 bits per heavy atom. The summed E-state index contributed by atoms with van der Waals surface area (Å²) in [5, 5.41) is 7.60. The van der Waals surface area contributed by atoms with E-state index in [1.807, 2.05) is 18.7 Å². The van der Waals surface area contributed by atoms with Gasteiger partial charge >= 0.3 is 0 Å².